The molecular formula is C17H26O4. The van der Waals surface area contributed by atoms with E-state index in [0.717, 1.165) is 37.0 Å². The van der Waals surface area contributed by atoms with Crippen LogP contribution in [-0.4, -0.2) is 25.0 Å². The predicted octanol–water partition coefficient (Wildman–Crippen LogP) is 3.58. The van der Waals surface area contributed by atoms with E-state index in [9.17, 15) is 4.79 Å². The molecule has 4 atom stereocenters. The number of methoxy groups -OCH3 is 1. The fraction of sp³-hybridized carbons (Fsp3) is 0.706. The van der Waals surface area contributed by atoms with Crippen LogP contribution in [0.5, 0.6) is 0 Å². The summed E-state index contributed by atoms with van der Waals surface area (Å²) in [4.78, 5) is 11.9. The summed E-state index contributed by atoms with van der Waals surface area (Å²) in [5.41, 5.74) is 0.974. The lowest BCUT2D eigenvalue weighted by atomic mass is 9.81. The fourth-order valence-electron chi connectivity index (χ4n) is 3.27. The van der Waals surface area contributed by atoms with Crippen molar-refractivity contribution in [2.24, 2.45) is 11.8 Å². The van der Waals surface area contributed by atoms with Gasteiger partial charge >= 0.3 is 5.97 Å². The van der Waals surface area contributed by atoms with E-state index in [1.165, 1.54) is 7.11 Å². The topological polar surface area (TPSA) is 44.8 Å². The summed E-state index contributed by atoms with van der Waals surface area (Å²) in [6.45, 7) is 10.2. The van der Waals surface area contributed by atoms with Crippen molar-refractivity contribution in [1.82, 2.24) is 0 Å². The van der Waals surface area contributed by atoms with Crippen molar-refractivity contribution in [1.29, 1.82) is 0 Å². The Morgan fingerprint density at radius 2 is 2.33 bits per heavy atom. The highest BCUT2D eigenvalue weighted by Crippen LogP contribution is 2.45. The first kappa shape index (κ1) is 16.1. The molecule has 1 spiro atoms. The molecule has 1 fully saturated rings. The zero-order chi connectivity index (χ0) is 15.6. The molecule has 0 aromatic heterocycles. The quantitative estimate of drug-likeness (QED) is 0.589. The normalized spacial score (nSPS) is 34.1. The van der Waals surface area contributed by atoms with Gasteiger partial charge in [-0.2, -0.15) is 0 Å². The summed E-state index contributed by atoms with van der Waals surface area (Å²) >= 11 is 0. The molecule has 2 aliphatic heterocycles. The Hall–Kier alpha value is -1.29. The van der Waals surface area contributed by atoms with Gasteiger partial charge in [-0.05, 0) is 37.3 Å². The third kappa shape index (κ3) is 3.00. The molecule has 0 radical (unpaired) electrons. The third-order valence-electron chi connectivity index (χ3n) is 4.55. The van der Waals surface area contributed by atoms with Crippen LogP contribution in [0, 0.1) is 11.8 Å². The molecule has 1 saturated heterocycles. The van der Waals surface area contributed by atoms with Gasteiger partial charge in [0.2, 0.25) is 5.79 Å². The van der Waals surface area contributed by atoms with Gasteiger partial charge in [0.05, 0.1) is 24.9 Å². The van der Waals surface area contributed by atoms with Crippen LogP contribution in [0.4, 0.5) is 0 Å². The molecule has 0 bridgehead atoms. The van der Waals surface area contributed by atoms with Crippen molar-refractivity contribution < 1.29 is 19.0 Å². The van der Waals surface area contributed by atoms with E-state index in [4.69, 9.17) is 14.2 Å². The van der Waals surface area contributed by atoms with Crippen molar-refractivity contribution in [3.8, 4) is 0 Å². The monoisotopic (exact) mass is 294 g/mol. The smallest absolute Gasteiger partial charge is 0.311 e. The number of carbonyl (C=O) groups is 1. The van der Waals surface area contributed by atoms with Crippen molar-refractivity contribution in [2.45, 2.75) is 58.3 Å². The minimum absolute atomic E-state index is 0.209. The van der Waals surface area contributed by atoms with Crippen molar-refractivity contribution in [2.75, 3.05) is 7.11 Å². The van der Waals surface area contributed by atoms with E-state index in [-0.39, 0.29) is 23.9 Å². The molecule has 0 saturated carbocycles. The van der Waals surface area contributed by atoms with Gasteiger partial charge in [0.1, 0.15) is 0 Å². The van der Waals surface area contributed by atoms with E-state index in [1.807, 2.05) is 6.92 Å². The van der Waals surface area contributed by atoms with Gasteiger partial charge in [-0.3, -0.25) is 4.79 Å². The fourth-order valence-corrected chi connectivity index (χ4v) is 3.27. The maximum Gasteiger partial charge on any atom is 0.311 e. The van der Waals surface area contributed by atoms with Crippen molar-refractivity contribution in [3.63, 3.8) is 0 Å². The highest BCUT2D eigenvalue weighted by Gasteiger charge is 2.48. The average Bonchev–Trinajstić information content (AvgIpc) is 2.50. The molecule has 4 nitrogen and oxygen atoms in total. The summed E-state index contributed by atoms with van der Waals surface area (Å²) in [7, 11) is 1.41. The summed E-state index contributed by atoms with van der Waals surface area (Å²) in [5.74, 6) is -0.149. The lowest BCUT2D eigenvalue weighted by Gasteiger charge is -2.48. The summed E-state index contributed by atoms with van der Waals surface area (Å²) in [6, 6.07) is 0. The number of esters is 1. The standard InChI is InChI=1S/C17H26O4/c1-6-14-8-7-9-17(20-14)12(3)10-11(2)15(21-17)13(4)16(18)19-5/h8,11,13,15H,3,6-7,9-10H2,1-2,4-5H3/t11-,13+,15-,17+/m0/s1. The first-order valence-electron chi connectivity index (χ1n) is 7.75. The van der Waals surface area contributed by atoms with Crippen LogP contribution < -0.4 is 0 Å². The Morgan fingerprint density at radius 3 is 2.95 bits per heavy atom. The average molecular weight is 294 g/mol. The zero-order valence-corrected chi connectivity index (χ0v) is 13.5. The summed E-state index contributed by atoms with van der Waals surface area (Å²) in [6.07, 6.45) is 5.22. The first-order valence-corrected chi connectivity index (χ1v) is 7.75. The highest BCUT2D eigenvalue weighted by molar-refractivity contribution is 5.72. The van der Waals surface area contributed by atoms with Gasteiger partial charge in [0, 0.05) is 12.8 Å². The zero-order valence-electron chi connectivity index (χ0n) is 13.5. The predicted molar refractivity (Wildman–Crippen MR) is 80.4 cm³/mol. The molecular weight excluding hydrogens is 268 g/mol. The molecule has 2 rings (SSSR count). The number of ether oxygens (including phenoxy) is 3. The molecule has 0 amide bonds. The molecule has 2 aliphatic rings. The summed E-state index contributed by atoms with van der Waals surface area (Å²) in [5, 5.41) is 0. The second kappa shape index (κ2) is 6.22. The molecule has 0 unspecified atom stereocenters. The first-order chi connectivity index (χ1) is 9.93. The van der Waals surface area contributed by atoms with Gasteiger partial charge < -0.3 is 14.2 Å². The minimum Gasteiger partial charge on any atom is -0.469 e. The number of rotatable bonds is 3. The van der Waals surface area contributed by atoms with E-state index in [0.29, 0.717) is 0 Å². The second-order valence-corrected chi connectivity index (χ2v) is 6.10. The van der Waals surface area contributed by atoms with Crippen LogP contribution in [0.15, 0.2) is 24.0 Å². The van der Waals surface area contributed by atoms with Gasteiger partial charge in [-0.1, -0.05) is 20.4 Å². The Bertz CT molecular complexity index is 454. The van der Waals surface area contributed by atoms with Crippen LogP contribution in [-0.2, 0) is 19.0 Å². The molecule has 118 valence electrons. The minimum atomic E-state index is -0.764. The number of carbonyl (C=O) groups excluding carboxylic acids is 1. The second-order valence-electron chi connectivity index (χ2n) is 6.10. The van der Waals surface area contributed by atoms with Gasteiger partial charge in [0.15, 0.2) is 0 Å². The van der Waals surface area contributed by atoms with Crippen LogP contribution in [0.3, 0.4) is 0 Å². The van der Waals surface area contributed by atoms with Crippen LogP contribution in [0.1, 0.15) is 46.5 Å². The van der Waals surface area contributed by atoms with Crippen LogP contribution in [0.2, 0.25) is 0 Å². The molecule has 2 heterocycles. The van der Waals surface area contributed by atoms with Gasteiger partial charge in [0.25, 0.3) is 0 Å². The van der Waals surface area contributed by atoms with E-state index >= 15 is 0 Å². The Kier molecular flexibility index (Phi) is 4.77. The van der Waals surface area contributed by atoms with E-state index in [2.05, 4.69) is 26.5 Å². The van der Waals surface area contributed by atoms with Gasteiger partial charge in [-0.15, -0.1) is 0 Å². The molecule has 0 aromatic carbocycles. The number of hydrogen-bond acceptors (Lipinski definition) is 4. The summed E-state index contributed by atoms with van der Waals surface area (Å²) < 4.78 is 17.3. The van der Waals surface area contributed by atoms with Crippen LogP contribution >= 0.6 is 0 Å². The maximum atomic E-state index is 11.9. The largest absolute Gasteiger partial charge is 0.469 e. The van der Waals surface area contributed by atoms with Crippen molar-refractivity contribution in [3.05, 3.63) is 24.0 Å². The number of allylic oxidation sites excluding steroid dienone is 2. The molecule has 0 aromatic rings. The molecule has 4 heteroatoms. The Labute approximate surface area is 127 Å². The lowest BCUT2D eigenvalue weighted by Crippen LogP contribution is -2.51. The lowest BCUT2D eigenvalue weighted by molar-refractivity contribution is -0.260. The van der Waals surface area contributed by atoms with Crippen molar-refractivity contribution >= 4 is 5.97 Å². The molecule has 0 aliphatic carbocycles. The van der Waals surface area contributed by atoms with Crippen LogP contribution in [0.25, 0.3) is 0 Å². The van der Waals surface area contributed by atoms with E-state index in [1.54, 1.807) is 0 Å². The SMILES string of the molecule is C=C1C[C@H](C)[C@@H]([C@@H](C)C(=O)OC)O[C@]12CCC=C(CC)O2. The molecule has 21 heavy (non-hydrogen) atoms. The van der Waals surface area contributed by atoms with Gasteiger partial charge in [-0.25, -0.2) is 0 Å². The maximum absolute atomic E-state index is 11.9. The van der Waals surface area contributed by atoms with E-state index < -0.39 is 5.79 Å². The Balaban J connectivity index is 2.22. The molecule has 0 N–H and O–H groups in total. The highest BCUT2D eigenvalue weighted by atomic mass is 16.7. The number of hydrogen-bond donors (Lipinski definition) is 0. The third-order valence-corrected chi connectivity index (χ3v) is 4.55. The Morgan fingerprint density at radius 1 is 1.62 bits per heavy atom.